The van der Waals surface area contributed by atoms with Crippen LogP contribution in [0, 0.1) is 0 Å². The second-order valence-electron chi connectivity index (χ2n) is 13.4. The number of hydrogen-bond acceptors (Lipinski definition) is 2. The lowest BCUT2D eigenvalue weighted by Crippen LogP contribution is -2.15. The molecule has 8 aromatic rings. The molecule has 49 heavy (non-hydrogen) atoms. The second-order valence-corrected chi connectivity index (χ2v) is 13.4. The lowest BCUT2D eigenvalue weighted by molar-refractivity contribution is 0.666. The Morgan fingerprint density at radius 2 is 0.918 bits per heavy atom. The van der Waals surface area contributed by atoms with Crippen LogP contribution in [0.15, 0.2) is 170 Å². The summed E-state index contributed by atoms with van der Waals surface area (Å²) in [5.74, 6) is 0.734. The van der Waals surface area contributed by atoms with Crippen LogP contribution in [0.5, 0.6) is 0 Å². The molecule has 2 heteroatoms. The van der Waals surface area contributed by atoms with Gasteiger partial charge in [0.15, 0.2) is 5.82 Å². The van der Waals surface area contributed by atoms with E-state index >= 15 is 0 Å². The molecule has 1 aromatic heterocycles. The molecule has 0 unspecified atom stereocenters. The van der Waals surface area contributed by atoms with Crippen molar-refractivity contribution in [2.24, 2.45) is 0 Å². The van der Waals surface area contributed by atoms with Gasteiger partial charge in [0.2, 0.25) is 0 Å². The molecule has 0 fully saturated rings. The van der Waals surface area contributed by atoms with Crippen LogP contribution in [0.3, 0.4) is 0 Å². The molecule has 0 bridgehead atoms. The maximum atomic E-state index is 5.46. The van der Waals surface area contributed by atoms with Crippen molar-refractivity contribution in [1.29, 1.82) is 0 Å². The number of rotatable bonds is 5. The van der Waals surface area contributed by atoms with Gasteiger partial charge < -0.3 is 0 Å². The van der Waals surface area contributed by atoms with Crippen molar-refractivity contribution < 1.29 is 0 Å². The Morgan fingerprint density at radius 3 is 1.57 bits per heavy atom. The van der Waals surface area contributed by atoms with Crippen molar-refractivity contribution in [3.8, 4) is 67.3 Å². The molecule has 0 N–H and O–H groups in total. The lowest BCUT2D eigenvalue weighted by atomic mass is 9.79. The van der Waals surface area contributed by atoms with E-state index in [1.54, 1.807) is 0 Å². The smallest absolute Gasteiger partial charge is 0.161 e. The van der Waals surface area contributed by atoms with Gasteiger partial charge in [-0.05, 0) is 85.6 Å². The van der Waals surface area contributed by atoms with E-state index in [1.807, 2.05) is 0 Å². The summed E-state index contributed by atoms with van der Waals surface area (Å²) >= 11 is 0. The van der Waals surface area contributed by atoms with Crippen LogP contribution < -0.4 is 0 Å². The summed E-state index contributed by atoms with van der Waals surface area (Å²) < 4.78 is 0. The molecule has 0 saturated carbocycles. The van der Waals surface area contributed by atoms with Gasteiger partial charge in [0.25, 0.3) is 0 Å². The van der Waals surface area contributed by atoms with Crippen LogP contribution in [0.4, 0.5) is 0 Å². The van der Waals surface area contributed by atoms with Crippen LogP contribution in [0.25, 0.3) is 78.1 Å². The molecule has 0 saturated heterocycles. The first-order chi connectivity index (χ1) is 24.0. The highest BCUT2D eigenvalue weighted by molar-refractivity contribution is 6.04. The maximum Gasteiger partial charge on any atom is 0.161 e. The fraction of sp³-hybridized carbons (Fsp3) is 0.0638. The number of fused-ring (bicyclic) bond motifs is 5. The van der Waals surface area contributed by atoms with Gasteiger partial charge in [-0.3, -0.25) is 0 Å². The average Bonchev–Trinajstić information content (AvgIpc) is 3.42. The first-order valence-electron chi connectivity index (χ1n) is 16.9. The Morgan fingerprint density at radius 1 is 0.408 bits per heavy atom. The summed E-state index contributed by atoms with van der Waals surface area (Å²) in [7, 11) is 0. The fourth-order valence-electron chi connectivity index (χ4n) is 7.68. The second kappa shape index (κ2) is 11.5. The molecule has 9 rings (SSSR count). The van der Waals surface area contributed by atoms with Gasteiger partial charge in [-0.15, -0.1) is 0 Å². The Bertz CT molecular complexity index is 2440. The van der Waals surface area contributed by atoms with Crippen LogP contribution in [-0.4, -0.2) is 9.97 Å². The molecule has 0 aliphatic heterocycles. The topological polar surface area (TPSA) is 25.8 Å². The lowest BCUT2D eigenvalue weighted by Gasteiger charge is -2.24. The monoisotopic (exact) mass is 626 g/mol. The molecular weight excluding hydrogens is 593 g/mol. The molecular formula is C47H34N2. The zero-order chi connectivity index (χ0) is 33.0. The molecule has 232 valence electrons. The van der Waals surface area contributed by atoms with Gasteiger partial charge >= 0.3 is 0 Å². The number of benzene rings is 7. The number of aromatic nitrogens is 2. The van der Waals surface area contributed by atoms with E-state index in [1.165, 1.54) is 44.2 Å². The molecule has 1 aliphatic carbocycles. The predicted octanol–water partition coefficient (Wildman–Crippen LogP) is 12.3. The summed E-state index contributed by atoms with van der Waals surface area (Å²) in [4.78, 5) is 10.8. The Balaban J connectivity index is 1.34. The summed E-state index contributed by atoms with van der Waals surface area (Å²) in [6, 6.07) is 60.6. The van der Waals surface area contributed by atoms with E-state index in [-0.39, 0.29) is 5.41 Å². The molecule has 0 amide bonds. The molecule has 1 aliphatic rings. The largest absolute Gasteiger partial charge is 0.228 e. The van der Waals surface area contributed by atoms with E-state index in [0.717, 1.165) is 45.0 Å². The maximum absolute atomic E-state index is 5.46. The minimum absolute atomic E-state index is 0.171. The standard InChI is InChI=1S/C47H34N2/c1-47(2)41-25-15-14-24-39(41)44-40(29-34-22-12-13-23-38(34)45(44)47)46-48-42(33-20-10-5-11-21-33)30-43(49-46)37-27-35(31-16-6-3-7-17-31)26-36(28-37)32-18-8-4-9-19-32/h3-30H,1-2H3. The quantitative estimate of drug-likeness (QED) is 0.190. The SMILES string of the molecule is CC1(C)c2ccccc2-c2c(-c3nc(-c4ccccc4)cc(-c4cc(-c5ccccc5)cc(-c5ccccc5)c4)n3)cc3ccccc3c21. The van der Waals surface area contributed by atoms with E-state index in [0.29, 0.717) is 0 Å². The zero-order valence-corrected chi connectivity index (χ0v) is 27.6. The highest BCUT2D eigenvalue weighted by Gasteiger charge is 2.39. The molecule has 0 atom stereocenters. The van der Waals surface area contributed by atoms with Gasteiger partial charge in [-0.1, -0.05) is 153 Å². The average molecular weight is 627 g/mol. The van der Waals surface area contributed by atoms with Crippen molar-refractivity contribution in [1.82, 2.24) is 9.97 Å². The third-order valence-corrected chi connectivity index (χ3v) is 10.0. The predicted molar refractivity (Wildman–Crippen MR) is 204 cm³/mol. The van der Waals surface area contributed by atoms with Gasteiger partial charge in [0, 0.05) is 22.1 Å². The van der Waals surface area contributed by atoms with E-state index in [9.17, 15) is 0 Å². The summed E-state index contributed by atoms with van der Waals surface area (Å²) in [6.07, 6.45) is 0. The normalized spacial score (nSPS) is 12.9. The van der Waals surface area contributed by atoms with Crippen LogP contribution in [0.2, 0.25) is 0 Å². The minimum Gasteiger partial charge on any atom is -0.228 e. The third-order valence-electron chi connectivity index (χ3n) is 10.0. The molecule has 1 heterocycles. The molecule has 2 nitrogen and oxygen atoms in total. The summed E-state index contributed by atoms with van der Waals surface area (Å²) in [5.41, 5.74) is 14.6. The van der Waals surface area contributed by atoms with Gasteiger partial charge in [-0.2, -0.15) is 0 Å². The van der Waals surface area contributed by atoms with E-state index in [2.05, 4.69) is 184 Å². The van der Waals surface area contributed by atoms with Crippen molar-refractivity contribution in [2.45, 2.75) is 19.3 Å². The minimum atomic E-state index is -0.171. The van der Waals surface area contributed by atoms with Crippen LogP contribution in [0.1, 0.15) is 25.0 Å². The van der Waals surface area contributed by atoms with Gasteiger partial charge in [0.05, 0.1) is 11.4 Å². The van der Waals surface area contributed by atoms with Gasteiger partial charge in [-0.25, -0.2) is 9.97 Å². The van der Waals surface area contributed by atoms with Crippen molar-refractivity contribution in [2.75, 3.05) is 0 Å². The summed E-state index contributed by atoms with van der Waals surface area (Å²) in [6.45, 7) is 4.70. The molecule has 7 aromatic carbocycles. The third kappa shape index (κ3) is 4.96. The van der Waals surface area contributed by atoms with Crippen LogP contribution >= 0.6 is 0 Å². The molecule has 0 spiro atoms. The Labute approximate surface area is 287 Å². The van der Waals surface area contributed by atoms with Crippen molar-refractivity contribution >= 4 is 10.8 Å². The first-order valence-corrected chi connectivity index (χ1v) is 16.9. The first kappa shape index (κ1) is 29.1. The fourth-order valence-corrected chi connectivity index (χ4v) is 7.68. The summed E-state index contributed by atoms with van der Waals surface area (Å²) in [5, 5.41) is 2.48. The Hall–Kier alpha value is -6.12. The molecule has 0 radical (unpaired) electrons. The number of hydrogen-bond donors (Lipinski definition) is 0. The van der Waals surface area contributed by atoms with Crippen molar-refractivity contribution in [3.63, 3.8) is 0 Å². The van der Waals surface area contributed by atoms with Crippen molar-refractivity contribution in [3.05, 3.63) is 181 Å². The van der Waals surface area contributed by atoms with Gasteiger partial charge in [0.1, 0.15) is 0 Å². The van der Waals surface area contributed by atoms with E-state index < -0.39 is 0 Å². The highest BCUT2D eigenvalue weighted by Crippen LogP contribution is 2.54. The van der Waals surface area contributed by atoms with Crippen LogP contribution in [-0.2, 0) is 5.41 Å². The Kier molecular flexibility index (Phi) is 6.84. The van der Waals surface area contributed by atoms with E-state index in [4.69, 9.17) is 9.97 Å². The highest BCUT2D eigenvalue weighted by atomic mass is 14.9. The zero-order valence-electron chi connectivity index (χ0n) is 27.6. The number of nitrogens with zero attached hydrogens (tertiary/aromatic N) is 2.